The lowest BCUT2D eigenvalue weighted by atomic mass is 10.1. The van der Waals surface area contributed by atoms with Gasteiger partial charge in [0, 0.05) is 13.5 Å². The van der Waals surface area contributed by atoms with E-state index in [0.29, 0.717) is 6.42 Å². The summed E-state index contributed by atoms with van der Waals surface area (Å²) in [5.41, 5.74) is 0. The Labute approximate surface area is 76.8 Å². The lowest BCUT2D eigenvalue weighted by molar-refractivity contribution is -0.171. The van der Waals surface area contributed by atoms with E-state index in [1.165, 1.54) is 0 Å². The van der Waals surface area contributed by atoms with Crippen LogP contribution in [0.4, 0.5) is 0 Å². The van der Waals surface area contributed by atoms with Crippen LogP contribution < -0.4 is 0 Å². The number of halogens is 2. The molecule has 0 aromatic rings. The largest absolute Gasteiger partial charge is 0.356 e. The Morgan fingerprint density at radius 2 is 2.09 bits per heavy atom. The molecule has 0 aromatic carbocycles. The van der Waals surface area contributed by atoms with E-state index < -0.39 is 0 Å². The monoisotopic (exact) mass is 198 g/mol. The van der Waals surface area contributed by atoms with Crippen LogP contribution >= 0.6 is 23.2 Å². The molecule has 1 aliphatic rings. The number of hydrogen-bond acceptors (Lipinski definition) is 2. The average molecular weight is 199 g/mol. The predicted molar refractivity (Wildman–Crippen MR) is 45.2 cm³/mol. The maximum absolute atomic E-state index is 5.94. The fourth-order valence-electron chi connectivity index (χ4n) is 1.13. The van der Waals surface area contributed by atoms with Crippen molar-refractivity contribution in [3.63, 3.8) is 0 Å². The molecule has 4 heteroatoms. The Bertz CT molecular complexity index is 120. The third kappa shape index (κ3) is 2.22. The van der Waals surface area contributed by atoms with Gasteiger partial charge in [0.15, 0.2) is 6.29 Å². The zero-order valence-electron chi connectivity index (χ0n) is 6.59. The van der Waals surface area contributed by atoms with Gasteiger partial charge in [0.2, 0.25) is 0 Å². The first-order valence-corrected chi connectivity index (χ1v) is 4.49. The SMILES string of the molecule is COC1C[C@H](Cl)[C@@H](Cl)[C@@H](C)O1. The van der Waals surface area contributed by atoms with E-state index >= 15 is 0 Å². The zero-order valence-corrected chi connectivity index (χ0v) is 8.10. The normalized spacial score (nSPS) is 45.8. The molecule has 0 saturated carbocycles. The van der Waals surface area contributed by atoms with Gasteiger partial charge in [0.05, 0.1) is 16.9 Å². The Balaban J connectivity index is 2.47. The van der Waals surface area contributed by atoms with Crippen molar-refractivity contribution in [3.05, 3.63) is 0 Å². The smallest absolute Gasteiger partial charge is 0.159 e. The van der Waals surface area contributed by atoms with E-state index in [2.05, 4.69) is 0 Å². The summed E-state index contributed by atoms with van der Waals surface area (Å²) in [4.78, 5) is 0. The van der Waals surface area contributed by atoms with Crippen molar-refractivity contribution in [1.82, 2.24) is 0 Å². The molecule has 0 N–H and O–H groups in total. The molecule has 2 nitrogen and oxygen atoms in total. The van der Waals surface area contributed by atoms with Gasteiger partial charge in [-0.3, -0.25) is 0 Å². The van der Waals surface area contributed by atoms with Crippen LogP contribution in [0.2, 0.25) is 0 Å². The second-order valence-electron chi connectivity index (χ2n) is 2.70. The highest BCUT2D eigenvalue weighted by molar-refractivity contribution is 6.30. The van der Waals surface area contributed by atoms with Gasteiger partial charge in [0.1, 0.15) is 0 Å². The van der Waals surface area contributed by atoms with Crippen molar-refractivity contribution in [3.8, 4) is 0 Å². The molecule has 0 amide bonds. The summed E-state index contributed by atoms with van der Waals surface area (Å²) in [5, 5.41) is -0.159. The molecule has 66 valence electrons. The number of methoxy groups -OCH3 is 1. The molecule has 1 unspecified atom stereocenters. The second kappa shape index (κ2) is 3.94. The maximum atomic E-state index is 5.94. The first-order valence-electron chi connectivity index (χ1n) is 3.61. The van der Waals surface area contributed by atoms with Gasteiger partial charge in [-0.25, -0.2) is 0 Å². The lowest BCUT2D eigenvalue weighted by Gasteiger charge is -2.33. The summed E-state index contributed by atoms with van der Waals surface area (Å²) in [5.74, 6) is 0. The lowest BCUT2D eigenvalue weighted by Crippen LogP contribution is -2.41. The van der Waals surface area contributed by atoms with Crippen molar-refractivity contribution >= 4 is 23.2 Å². The van der Waals surface area contributed by atoms with Crippen molar-refractivity contribution in [2.75, 3.05) is 7.11 Å². The average Bonchev–Trinajstić information content (AvgIpc) is 1.99. The van der Waals surface area contributed by atoms with E-state index in [0.717, 1.165) is 0 Å². The van der Waals surface area contributed by atoms with Crippen LogP contribution in [0.1, 0.15) is 13.3 Å². The molecule has 1 rings (SSSR count). The van der Waals surface area contributed by atoms with Gasteiger partial charge in [-0.05, 0) is 6.92 Å². The highest BCUT2D eigenvalue weighted by atomic mass is 35.5. The van der Waals surface area contributed by atoms with E-state index in [1.54, 1.807) is 7.11 Å². The summed E-state index contributed by atoms with van der Waals surface area (Å²) < 4.78 is 10.4. The fraction of sp³-hybridized carbons (Fsp3) is 1.00. The molecular formula is C7H12Cl2O2. The van der Waals surface area contributed by atoms with E-state index in [9.17, 15) is 0 Å². The second-order valence-corrected chi connectivity index (χ2v) is 3.77. The Morgan fingerprint density at radius 1 is 1.45 bits per heavy atom. The maximum Gasteiger partial charge on any atom is 0.159 e. The number of alkyl halides is 2. The molecule has 1 aliphatic heterocycles. The van der Waals surface area contributed by atoms with Crippen LogP contribution in [-0.2, 0) is 9.47 Å². The minimum Gasteiger partial charge on any atom is -0.356 e. The topological polar surface area (TPSA) is 18.5 Å². The van der Waals surface area contributed by atoms with Crippen molar-refractivity contribution in [2.24, 2.45) is 0 Å². The van der Waals surface area contributed by atoms with Crippen molar-refractivity contribution in [1.29, 1.82) is 0 Å². The highest BCUT2D eigenvalue weighted by Gasteiger charge is 2.33. The fourth-order valence-corrected chi connectivity index (χ4v) is 1.64. The van der Waals surface area contributed by atoms with Gasteiger partial charge in [0.25, 0.3) is 0 Å². The molecule has 0 aromatic heterocycles. The molecular weight excluding hydrogens is 187 g/mol. The third-order valence-corrected chi connectivity index (χ3v) is 3.08. The molecule has 0 radical (unpaired) electrons. The minimum atomic E-state index is -0.192. The van der Waals surface area contributed by atoms with Gasteiger partial charge in [-0.2, -0.15) is 0 Å². The van der Waals surface area contributed by atoms with E-state index in [-0.39, 0.29) is 23.1 Å². The van der Waals surface area contributed by atoms with E-state index in [1.807, 2.05) is 6.92 Å². The van der Waals surface area contributed by atoms with Crippen LogP contribution in [0, 0.1) is 0 Å². The first-order chi connectivity index (χ1) is 5.15. The highest BCUT2D eigenvalue weighted by Crippen LogP contribution is 2.28. The van der Waals surface area contributed by atoms with Crippen LogP contribution in [0.25, 0.3) is 0 Å². The molecule has 11 heavy (non-hydrogen) atoms. The summed E-state index contributed by atoms with van der Waals surface area (Å²) >= 11 is 11.9. The third-order valence-electron chi connectivity index (χ3n) is 1.84. The summed E-state index contributed by atoms with van der Waals surface area (Å²) in [7, 11) is 1.61. The summed E-state index contributed by atoms with van der Waals surface area (Å²) in [6, 6.07) is 0. The van der Waals surface area contributed by atoms with Gasteiger partial charge in [-0.1, -0.05) is 0 Å². The first kappa shape index (κ1) is 9.59. The summed E-state index contributed by atoms with van der Waals surface area (Å²) in [6.07, 6.45) is 0.441. The molecule has 1 heterocycles. The minimum absolute atomic E-state index is 0.0298. The number of ether oxygens (including phenoxy) is 2. The van der Waals surface area contributed by atoms with Crippen LogP contribution in [-0.4, -0.2) is 30.3 Å². The number of rotatable bonds is 1. The Kier molecular flexibility index (Phi) is 3.44. The molecule has 0 spiro atoms. The molecule has 4 atom stereocenters. The Hall–Kier alpha value is 0.500. The van der Waals surface area contributed by atoms with Crippen LogP contribution in [0.3, 0.4) is 0 Å². The summed E-state index contributed by atoms with van der Waals surface area (Å²) in [6.45, 7) is 1.90. The van der Waals surface area contributed by atoms with Crippen LogP contribution in [0.5, 0.6) is 0 Å². The van der Waals surface area contributed by atoms with Crippen LogP contribution in [0.15, 0.2) is 0 Å². The quantitative estimate of drug-likeness (QED) is 0.601. The van der Waals surface area contributed by atoms with Gasteiger partial charge >= 0.3 is 0 Å². The van der Waals surface area contributed by atoms with Gasteiger partial charge in [-0.15, -0.1) is 23.2 Å². The molecule has 1 saturated heterocycles. The predicted octanol–water partition coefficient (Wildman–Crippen LogP) is 1.98. The zero-order chi connectivity index (χ0) is 8.43. The molecule has 0 bridgehead atoms. The standard InChI is InChI=1S/C7H12Cl2O2/c1-4-7(9)5(8)3-6(10-2)11-4/h4-7H,3H2,1-2H3/t4-,5+,6?,7+/m1/s1. The van der Waals surface area contributed by atoms with Crippen molar-refractivity contribution in [2.45, 2.75) is 36.5 Å². The van der Waals surface area contributed by atoms with E-state index in [4.69, 9.17) is 32.7 Å². The van der Waals surface area contributed by atoms with Crippen molar-refractivity contribution < 1.29 is 9.47 Å². The number of hydrogen-bond donors (Lipinski definition) is 0. The Morgan fingerprint density at radius 3 is 2.55 bits per heavy atom. The molecule has 0 aliphatic carbocycles. The molecule has 1 fully saturated rings. The van der Waals surface area contributed by atoms with Gasteiger partial charge < -0.3 is 9.47 Å².